The van der Waals surface area contributed by atoms with Crippen molar-refractivity contribution in [1.29, 1.82) is 0 Å². The van der Waals surface area contributed by atoms with Crippen LogP contribution in [0.15, 0.2) is 35.7 Å². The fraction of sp³-hybridized carbons (Fsp3) is 0.312. The Bertz CT molecular complexity index is 595. The summed E-state index contributed by atoms with van der Waals surface area (Å²) in [6, 6.07) is 8.99. The first-order valence-corrected chi connectivity index (χ1v) is 7.43. The average Bonchev–Trinajstić information content (AvgIpc) is 2.93. The number of thiophene rings is 1. The zero-order chi connectivity index (χ0) is 14.7. The largest absolute Gasteiger partial charge is 0.339 e. The topological polar surface area (TPSA) is 20.3 Å². The van der Waals surface area contributed by atoms with E-state index in [1.165, 1.54) is 4.88 Å². The molecule has 106 valence electrons. The third-order valence-corrected chi connectivity index (χ3v) is 4.38. The van der Waals surface area contributed by atoms with Crippen molar-refractivity contribution in [2.75, 3.05) is 7.05 Å². The number of amides is 1. The Morgan fingerprint density at radius 2 is 2.10 bits per heavy atom. The number of aryl methyl sites for hydroxylation is 1. The number of hydrogen-bond acceptors (Lipinski definition) is 2. The van der Waals surface area contributed by atoms with Gasteiger partial charge in [-0.3, -0.25) is 4.79 Å². The van der Waals surface area contributed by atoms with Crippen molar-refractivity contribution in [3.05, 3.63) is 57.5 Å². The molecule has 1 heterocycles. The molecule has 0 spiro atoms. The number of carbonyl (C=O) groups excluding carboxylic acids is 1. The zero-order valence-electron chi connectivity index (χ0n) is 11.9. The van der Waals surface area contributed by atoms with E-state index in [1.54, 1.807) is 48.4 Å². The molecular formula is C16H18FNOS. The van der Waals surface area contributed by atoms with E-state index in [4.69, 9.17) is 0 Å². The van der Waals surface area contributed by atoms with Crippen molar-refractivity contribution in [3.8, 4) is 0 Å². The summed E-state index contributed by atoms with van der Waals surface area (Å²) in [7, 11) is 1.72. The van der Waals surface area contributed by atoms with E-state index in [9.17, 15) is 9.18 Å². The first-order valence-electron chi connectivity index (χ1n) is 6.55. The van der Waals surface area contributed by atoms with Gasteiger partial charge in [0.25, 0.3) is 5.91 Å². The third kappa shape index (κ3) is 3.07. The van der Waals surface area contributed by atoms with Crippen LogP contribution < -0.4 is 0 Å². The summed E-state index contributed by atoms with van der Waals surface area (Å²) < 4.78 is 14.0. The summed E-state index contributed by atoms with van der Waals surface area (Å²) >= 11 is 1.67. The van der Waals surface area contributed by atoms with Crippen LogP contribution in [0.25, 0.3) is 0 Å². The number of rotatable bonds is 4. The highest BCUT2D eigenvalue weighted by Gasteiger charge is 2.21. The SMILES string of the molecule is Cc1cccc(C(=O)N(C)C(C)Cc2cccs2)c1F. The van der Waals surface area contributed by atoms with E-state index >= 15 is 0 Å². The van der Waals surface area contributed by atoms with Crippen LogP contribution in [0.3, 0.4) is 0 Å². The van der Waals surface area contributed by atoms with Crippen molar-refractivity contribution >= 4 is 17.2 Å². The Balaban J connectivity index is 2.13. The monoisotopic (exact) mass is 291 g/mol. The first kappa shape index (κ1) is 14.7. The van der Waals surface area contributed by atoms with E-state index in [0.717, 1.165) is 6.42 Å². The minimum absolute atomic E-state index is 0.0288. The molecule has 0 saturated carbocycles. The predicted molar refractivity (Wildman–Crippen MR) is 80.7 cm³/mol. The first-order chi connectivity index (χ1) is 9.50. The van der Waals surface area contributed by atoms with Gasteiger partial charge in [0, 0.05) is 24.4 Å². The Morgan fingerprint density at radius 3 is 2.75 bits per heavy atom. The van der Waals surface area contributed by atoms with Crippen molar-refractivity contribution in [2.45, 2.75) is 26.3 Å². The van der Waals surface area contributed by atoms with E-state index in [-0.39, 0.29) is 17.5 Å². The maximum absolute atomic E-state index is 14.0. The fourth-order valence-corrected chi connectivity index (χ4v) is 2.89. The second-order valence-electron chi connectivity index (χ2n) is 4.99. The molecule has 1 unspecified atom stereocenters. The summed E-state index contributed by atoms with van der Waals surface area (Å²) in [4.78, 5) is 15.2. The number of halogens is 1. The van der Waals surface area contributed by atoms with Gasteiger partial charge in [-0.2, -0.15) is 0 Å². The normalized spacial score (nSPS) is 12.2. The van der Waals surface area contributed by atoms with Crippen LogP contribution in [0.1, 0.15) is 27.7 Å². The van der Waals surface area contributed by atoms with E-state index in [2.05, 4.69) is 0 Å². The van der Waals surface area contributed by atoms with Gasteiger partial charge in [-0.05, 0) is 36.9 Å². The van der Waals surface area contributed by atoms with Gasteiger partial charge in [0.15, 0.2) is 0 Å². The Kier molecular flexibility index (Phi) is 4.55. The molecule has 0 bridgehead atoms. The van der Waals surface area contributed by atoms with Crippen LogP contribution >= 0.6 is 11.3 Å². The highest BCUT2D eigenvalue weighted by atomic mass is 32.1. The highest BCUT2D eigenvalue weighted by molar-refractivity contribution is 7.09. The van der Waals surface area contributed by atoms with E-state index < -0.39 is 5.82 Å². The quantitative estimate of drug-likeness (QED) is 0.836. The summed E-state index contributed by atoms with van der Waals surface area (Å²) in [6.45, 7) is 3.65. The second-order valence-corrected chi connectivity index (χ2v) is 6.02. The van der Waals surface area contributed by atoms with Crippen LogP contribution in [-0.4, -0.2) is 23.9 Å². The summed E-state index contributed by atoms with van der Waals surface area (Å²) in [5, 5.41) is 2.02. The molecule has 2 nitrogen and oxygen atoms in total. The lowest BCUT2D eigenvalue weighted by molar-refractivity contribution is 0.0739. The molecule has 2 aromatic rings. The predicted octanol–water partition coefficient (Wildman–Crippen LogP) is 3.90. The maximum Gasteiger partial charge on any atom is 0.256 e. The molecule has 0 radical (unpaired) electrons. The smallest absolute Gasteiger partial charge is 0.256 e. The van der Waals surface area contributed by atoms with Crippen LogP contribution in [-0.2, 0) is 6.42 Å². The van der Waals surface area contributed by atoms with Crippen LogP contribution in [0.2, 0.25) is 0 Å². The molecular weight excluding hydrogens is 273 g/mol. The van der Waals surface area contributed by atoms with E-state index in [0.29, 0.717) is 5.56 Å². The second kappa shape index (κ2) is 6.18. The van der Waals surface area contributed by atoms with Gasteiger partial charge in [-0.25, -0.2) is 4.39 Å². The average molecular weight is 291 g/mol. The number of benzene rings is 1. The lowest BCUT2D eigenvalue weighted by atomic mass is 10.1. The molecule has 0 aliphatic carbocycles. The van der Waals surface area contributed by atoms with Crippen molar-refractivity contribution in [3.63, 3.8) is 0 Å². The van der Waals surface area contributed by atoms with Gasteiger partial charge in [-0.1, -0.05) is 18.2 Å². The number of nitrogens with zero attached hydrogens (tertiary/aromatic N) is 1. The van der Waals surface area contributed by atoms with Crippen molar-refractivity contribution in [2.24, 2.45) is 0 Å². The van der Waals surface area contributed by atoms with Gasteiger partial charge in [0.2, 0.25) is 0 Å². The van der Waals surface area contributed by atoms with Gasteiger partial charge in [0.05, 0.1) is 5.56 Å². The van der Waals surface area contributed by atoms with Crippen molar-refractivity contribution in [1.82, 2.24) is 4.90 Å². The van der Waals surface area contributed by atoms with Crippen LogP contribution in [0.5, 0.6) is 0 Å². The standard InChI is InChI=1S/C16H18FNOS/c1-11-6-4-8-14(15(11)17)16(19)18(3)12(2)10-13-7-5-9-20-13/h4-9,12H,10H2,1-3H3. The van der Waals surface area contributed by atoms with Gasteiger partial charge in [-0.15, -0.1) is 11.3 Å². The van der Waals surface area contributed by atoms with Crippen molar-refractivity contribution < 1.29 is 9.18 Å². The molecule has 20 heavy (non-hydrogen) atoms. The van der Waals surface area contributed by atoms with Gasteiger partial charge >= 0.3 is 0 Å². The molecule has 0 aliphatic heterocycles. The lowest BCUT2D eigenvalue weighted by Crippen LogP contribution is -2.36. The van der Waals surface area contributed by atoms with E-state index in [1.807, 2.05) is 24.4 Å². The molecule has 0 fully saturated rings. The number of carbonyl (C=O) groups is 1. The molecule has 1 amide bonds. The Labute approximate surface area is 122 Å². The molecule has 0 saturated heterocycles. The molecule has 4 heteroatoms. The zero-order valence-corrected chi connectivity index (χ0v) is 12.7. The summed E-state index contributed by atoms with van der Waals surface area (Å²) in [6.07, 6.45) is 0.785. The van der Waals surface area contributed by atoms with Crippen LogP contribution in [0, 0.1) is 12.7 Å². The van der Waals surface area contributed by atoms with Crippen LogP contribution in [0.4, 0.5) is 4.39 Å². The minimum Gasteiger partial charge on any atom is -0.339 e. The number of likely N-dealkylation sites (N-methyl/N-ethyl adjacent to an activating group) is 1. The molecule has 0 N–H and O–H groups in total. The Morgan fingerprint density at radius 1 is 1.35 bits per heavy atom. The summed E-state index contributed by atoms with van der Waals surface area (Å²) in [5.41, 5.74) is 0.640. The summed E-state index contributed by atoms with van der Waals surface area (Å²) in [5.74, 6) is -0.692. The Hall–Kier alpha value is -1.68. The van der Waals surface area contributed by atoms with Gasteiger partial charge in [0.1, 0.15) is 5.82 Å². The van der Waals surface area contributed by atoms with Gasteiger partial charge < -0.3 is 4.90 Å². The lowest BCUT2D eigenvalue weighted by Gasteiger charge is -2.25. The fourth-order valence-electron chi connectivity index (χ4n) is 2.06. The molecule has 1 aromatic carbocycles. The minimum atomic E-state index is -0.423. The molecule has 2 rings (SSSR count). The molecule has 1 aromatic heterocycles. The third-order valence-electron chi connectivity index (χ3n) is 3.48. The number of hydrogen-bond donors (Lipinski definition) is 0. The maximum atomic E-state index is 14.0. The molecule has 0 aliphatic rings. The molecule has 1 atom stereocenters. The highest BCUT2D eigenvalue weighted by Crippen LogP contribution is 2.18.